The summed E-state index contributed by atoms with van der Waals surface area (Å²) < 4.78 is 5.27. The van der Waals surface area contributed by atoms with Gasteiger partial charge in [0.15, 0.2) is 12.4 Å². The van der Waals surface area contributed by atoms with E-state index >= 15 is 0 Å². The predicted octanol–water partition coefficient (Wildman–Crippen LogP) is 3.24. The van der Waals surface area contributed by atoms with Gasteiger partial charge in [0.1, 0.15) is 5.75 Å². The molecule has 0 radical (unpaired) electrons. The Labute approximate surface area is 151 Å². The van der Waals surface area contributed by atoms with Gasteiger partial charge in [-0.1, -0.05) is 6.07 Å². The number of rotatable bonds is 5. The summed E-state index contributed by atoms with van der Waals surface area (Å²) in [4.78, 5) is 35.8. The number of carbonyl (C=O) groups excluding carboxylic acids is 3. The molecule has 0 saturated carbocycles. The van der Waals surface area contributed by atoms with E-state index in [-0.39, 0.29) is 37.0 Å². The van der Waals surface area contributed by atoms with Crippen LogP contribution in [0, 0.1) is 13.8 Å². The second kappa shape index (κ2) is 7.39. The van der Waals surface area contributed by atoms with Gasteiger partial charge in [0.25, 0.3) is 5.91 Å². The van der Waals surface area contributed by atoms with Crippen LogP contribution in [0.2, 0.25) is 0 Å². The summed E-state index contributed by atoms with van der Waals surface area (Å²) >= 11 is 0. The average Bonchev–Trinajstić information content (AvgIpc) is 2.58. The molecule has 0 aliphatic carbocycles. The SMILES string of the molecule is Cc1cc(C)cc(NC(=O)CCC(=O)c2ccc3c(c2)NC(=O)CO3)c1. The molecule has 0 saturated heterocycles. The normalized spacial score (nSPS) is 12.6. The number of carbonyl (C=O) groups is 3. The molecule has 0 bridgehead atoms. The van der Waals surface area contributed by atoms with Crippen molar-refractivity contribution in [2.75, 3.05) is 17.2 Å². The number of fused-ring (bicyclic) bond motifs is 1. The van der Waals surface area contributed by atoms with E-state index in [0.717, 1.165) is 16.8 Å². The van der Waals surface area contributed by atoms with Crippen molar-refractivity contribution in [3.63, 3.8) is 0 Å². The van der Waals surface area contributed by atoms with Crippen LogP contribution in [0.25, 0.3) is 0 Å². The van der Waals surface area contributed by atoms with E-state index in [2.05, 4.69) is 10.6 Å². The summed E-state index contributed by atoms with van der Waals surface area (Å²) in [5.41, 5.74) is 3.78. The quantitative estimate of drug-likeness (QED) is 0.809. The Balaban J connectivity index is 1.59. The number of hydrogen-bond acceptors (Lipinski definition) is 4. The number of nitrogens with one attached hydrogen (secondary N) is 2. The topological polar surface area (TPSA) is 84.5 Å². The van der Waals surface area contributed by atoms with E-state index in [4.69, 9.17) is 4.74 Å². The van der Waals surface area contributed by atoms with Gasteiger partial charge in [-0.05, 0) is 55.3 Å². The van der Waals surface area contributed by atoms with E-state index in [0.29, 0.717) is 17.0 Å². The maximum absolute atomic E-state index is 12.3. The van der Waals surface area contributed by atoms with E-state index in [1.165, 1.54) is 0 Å². The zero-order valence-corrected chi connectivity index (χ0v) is 14.7. The van der Waals surface area contributed by atoms with Crippen molar-refractivity contribution in [2.45, 2.75) is 26.7 Å². The maximum Gasteiger partial charge on any atom is 0.262 e. The third-order valence-electron chi connectivity index (χ3n) is 4.02. The Kier molecular flexibility index (Phi) is 5.02. The maximum atomic E-state index is 12.3. The molecule has 6 nitrogen and oxygen atoms in total. The number of Topliss-reactive ketones (excluding diaryl/α,β-unsaturated/α-hetero) is 1. The minimum atomic E-state index is -0.255. The molecule has 2 N–H and O–H groups in total. The molecule has 26 heavy (non-hydrogen) atoms. The van der Waals surface area contributed by atoms with Crippen LogP contribution in [-0.4, -0.2) is 24.2 Å². The van der Waals surface area contributed by atoms with Gasteiger partial charge in [-0.15, -0.1) is 0 Å². The Bertz CT molecular complexity index is 869. The van der Waals surface area contributed by atoms with E-state index in [1.807, 2.05) is 32.0 Å². The molecule has 0 atom stereocenters. The lowest BCUT2D eigenvalue weighted by atomic mass is 10.0. The Hall–Kier alpha value is -3.15. The molecule has 0 fully saturated rings. The molecule has 6 heteroatoms. The number of hydrogen-bond donors (Lipinski definition) is 2. The van der Waals surface area contributed by atoms with E-state index in [9.17, 15) is 14.4 Å². The number of aryl methyl sites for hydroxylation is 2. The molecule has 0 aromatic heterocycles. The third-order valence-corrected chi connectivity index (χ3v) is 4.02. The van der Waals surface area contributed by atoms with E-state index in [1.54, 1.807) is 18.2 Å². The van der Waals surface area contributed by atoms with Crippen molar-refractivity contribution in [1.29, 1.82) is 0 Å². The van der Waals surface area contributed by atoms with Crippen LogP contribution in [0.4, 0.5) is 11.4 Å². The van der Waals surface area contributed by atoms with Crippen molar-refractivity contribution in [2.24, 2.45) is 0 Å². The van der Waals surface area contributed by atoms with Crippen molar-refractivity contribution in [3.05, 3.63) is 53.1 Å². The molecule has 2 amide bonds. The first-order valence-corrected chi connectivity index (χ1v) is 8.39. The lowest BCUT2D eigenvalue weighted by Gasteiger charge is -2.18. The van der Waals surface area contributed by atoms with Gasteiger partial charge in [0.05, 0.1) is 5.69 Å². The lowest BCUT2D eigenvalue weighted by molar-refractivity contribution is -0.118. The highest BCUT2D eigenvalue weighted by Gasteiger charge is 2.18. The van der Waals surface area contributed by atoms with Crippen LogP contribution in [0.3, 0.4) is 0 Å². The standard InChI is InChI=1S/C20H20N2O4/c1-12-7-13(2)9-15(8-12)21-19(24)6-4-17(23)14-3-5-18-16(10-14)22-20(25)11-26-18/h3,5,7-10H,4,6,11H2,1-2H3,(H,21,24)(H,22,25). The number of anilines is 2. The minimum absolute atomic E-state index is 0.0289. The van der Waals surface area contributed by atoms with Gasteiger partial charge in [0.2, 0.25) is 5.91 Å². The minimum Gasteiger partial charge on any atom is -0.482 e. The summed E-state index contributed by atoms with van der Waals surface area (Å²) in [6.45, 7) is 3.90. The third kappa shape index (κ3) is 4.27. The van der Waals surface area contributed by atoms with Crippen LogP contribution >= 0.6 is 0 Å². The molecular weight excluding hydrogens is 332 g/mol. The number of ether oxygens (including phenoxy) is 1. The number of ketones is 1. The lowest BCUT2D eigenvalue weighted by Crippen LogP contribution is -2.25. The molecule has 0 spiro atoms. The van der Waals surface area contributed by atoms with Gasteiger partial charge >= 0.3 is 0 Å². The summed E-state index contributed by atoms with van der Waals surface area (Å²) in [6.07, 6.45) is 0.177. The zero-order valence-electron chi connectivity index (χ0n) is 14.7. The molecule has 2 aromatic carbocycles. The zero-order chi connectivity index (χ0) is 18.7. The summed E-state index contributed by atoms with van der Waals surface area (Å²) in [6, 6.07) is 10.7. The summed E-state index contributed by atoms with van der Waals surface area (Å²) in [5, 5.41) is 5.49. The van der Waals surface area contributed by atoms with Crippen LogP contribution < -0.4 is 15.4 Å². The van der Waals surface area contributed by atoms with Crippen molar-refractivity contribution >= 4 is 29.0 Å². The monoisotopic (exact) mass is 352 g/mol. The van der Waals surface area contributed by atoms with Crippen LogP contribution in [-0.2, 0) is 9.59 Å². The second-order valence-electron chi connectivity index (χ2n) is 6.40. The van der Waals surface area contributed by atoms with Crippen LogP contribution in [0.15, 0.2) is 36.4 Å². The molecular formula is C20H20N2O4. The first-order valence-electron chi connectivity index (χ1n) is 8.39. The Morgan fingerprint density at radius 3 is 2.54 bits per heavy atom. The van der Waals surface area contributed by atoms with Crippen LogP contribution in [0.5, 0.6) is 5.75 Å². The highest BCUT2D eigenvalue weighted by Crippen LogP contribution is 2.29. The molecule has 3 rings (SSSR count). The van der Waals surface area contributed by atoms with Gasteiger partial charge in [-0.25, -0.2) is 0 Å². The highest BCUT2D eigenvalue weighted by atomic mass is 16.5. The highest BCUT2D eigenvalue weighted by molar-refractivity contribution is 6.02. The fourth-order valence-electron chi connectivity index (χ4n) is 2.90. The molecule has 1 aliphatic rings. The summed E-state index contributed by atoms with van der Waals surface area (Å²) in [7, 11) is 0. The van der Waals surface area contributed by atoms with Crippen molar-refractivity contribution < 1.29 is 19.1 Å². The molecule has 1 aliphatic heterocycles. The number of benzene rings is 2. The fourth-order valence-corrected chi connectivity index (χ4v) is 2.90. The predicted molar refractivity (Wildman–Crippen MR) is 98.7 cm³/mol. The Morgan fingerprint density at radius 1 is 1.08 bits per heavy atom. The fraction of sp³-hybridized carbons (Fsp3) is 0.250. The number of amides is 2. The van der Waals surface area contributed by atoms with Gasteiger partial charge in [-0.3, -0.25) is 14.4 Å². The second-order valence-corrected chi connectivity index (χ2v) is 6.40. The first-order chi connectivity index (χ1) is 12.4. The Morgan fingerprint density at radius 2 is 1.81 bits per heavy atom. The largest absolute Gasteiger partial charge is 0.482 e. The van der Waals surface area contributed by atoms with Gasteiger partial charge in [0, 0.05) is 24.1 Å². The molecule has 134 valence electrons. The first kappa shape index (κ1) is 17.7. The summed E-state index contributed by atoms with van der Waals surface area (Å²) in [5.74, 6) is -0.0928. The molecule has 2 aromatic rings. The van der Waals surface area contributed by atoms with Gasteiger partial charge < -0.3 is 15.4 Å². The molecule has 1 heterocycles. The van der Waals surface area contributed by atoms with Crippen molar-refractivity contribution in [3.8, 4) is 5.75 Å². The van der Waals surface area contributed by atoms with Crippen molar-refractivity contribution in [1.82, 2.24) is 0 Å². The van der Waals surface area contributed by atoms with Gasteiger partial charge in [-0.2, -0.15) is 0 Å². The van der Waals surface area contributed by atoms with Crippen LogP contribution in [0.1, 0.15) is 34.3 Å². The average molecular weight is 352 g/mol. The molecule has 0 unspecified atom stereocenters. The smallest absolute Gasteiger partial charge is 0.262 e. The van der Waals surface area contributed by atoms with E-state index < -0.39 is 0 Å².